The average molecular weight is 341 g/mol. The van der Waals surface area contributed by atoms with Crippen molar-refractivity contribution in [2.75, 3.05) is 5.32 Å². The zero-order valence-corrected chi connectivity index (χ0v) is 13.1. The topological polar surface area (TPSA) is 38.0 Å². The molecule has 1 heterocycles. The Bertz CT molecular complexity index is 578. The maximum Gasteiger partial charge on any atom is 0.105 e. The van der Waals surface area contributed by atoms with E-state index in [9.17, 15) is 0 Å². The predicted molar refractivity (Wildman–Crippen MR) is 86.4 cm³/mol. The summed E-state index contributed by atoms with van der Waals surface area (Å²) in [6.45, 7) is 2.94. The molecular weight excluding hydrogens is 328 g/mol. The number of hydrogen-bond acceptors (Lipinski definition) is 3. The Hall–Kier alpha value is -0.910. The van der Waals surface area contributed by atoms with Gasteiger partial charge in [0, 0.05) is 32.0 Å². The Morgan fingerprint density at radius 2 is 2.17 bits per heavy atom. The second-order valence-corrected chi connectivity index (χ2v) is 6.59. The highest BCUT2D eigenvalue weighted by Crippen LogP contribution is 2.23. The van der Waals surface area contributed by atoms with E-state index >= 15 is 0 Å². The molecular formula is C13H13BrN2S2. The van der Waals surface area contributed by atoms with Crippen molar-refractivity contribution >= 4 is 50.2 Å². The van der Waals surface area contributed by atoms with E-state index in [0.717, 1.165) is 22.3 Å². The highest BCUT2D eigenvalue weighted by molar-refractivity contribution is 9.10. The van der Waals surface area contributed by atoms with Crippen molar-refractivity contribution in [1.29, 1.82) is 0 Å². The van der Waals surface area contributed by atoms with Crippen LogP contribution in [0.3, 0.4) is 0 Å². The van der Waals surface area contributed by atoms with Crippen molar-refractivity contribution in [3.63, 3.8) is 0 Å². The fourth-order valence-electron chi connectivity index (χ4n) is 1.59. The molecule has 0 aliphatic heterocycles. The lowest BCUT2D eigenvalue weighted by Gasteiger charge is -2.08. The molecule has 2 rings (SSSR count). The molecule has 0 spiro atoms. The largest absolute Gasteiger partial charge is 0.389 e. The number of thiocarbonyl (C=S) groups is 1. The van der Waals surface area contributed by atoms with E-state index in [1.165, 1.54) is 9.75 Å². The number of aryl methyl sites for hydroxylation is 1. The van der Waals surface area contributed by atoms with E-state index < -0.39 is 0 Å². The first kappa shape index (κ1) is 13.5. The van der Waals surface area contributed by atoms with Gasteiger partial charge in [0.1, 0.15) is 4.99 Å². The number of hydrogen-bond donors (Lipinski definition) is 2. The maximum atomic E-state index is 5.62. The number of nitrogens with two attached hydrogens (primary N) is 1. The Morgan fingerprint density at radius 1 is 1.39 bits per heavy atom. The van der Waals surface area contributed by atoms with Crippen molar-refractivity contribution in [1.82, 2.24) is 0 Å². The van der Waals surface area contributed by atoms with Crippen LogP contribution < -0.4 is 11.1 Å². The highest BCUT2D eigenvalue weighted by Gasteiger charge is 2.04. The first-order valence-electron chi connectivity index (χ1n) is 5.45. The minimum Gasteiger partial charge on any atom is -0.389 e. The first-order valence-corrected chi connectivity index (χ1v) is 7.46. The van der Waals surface area contributed by atoms with Gasteiger partial charge in [-0.3, -0.25) is 0 Å². The van der Waals surface area contributed by atoms with Gasteiger partial charge < -0.3 is 11.1 Å². The molecule has 3 N–H and O–H groups in total. The quantitative estimate of drug-likeness (QED) is 0.824. The molecule has 0 fully saturated rings. The lowest BCUT2D eigenvalue weighted by molar-refractivity contribution is 1.19. The number of thiophene rings is 1. The lowest BCUT2D eigenvalue weighted by atomic mass is 10.2. The highest BCUT2D eigenvalue weighted by atomic mass is 79.9. The Morgan fingerprint density at radius 3 is 2.72 bits per heavy atom. The van der Waals surface area contributed by atoms with Gasteiger partial charge >= 0.3 is 0 Å². The molecule has 5 heteroatoms. The first-order chi connectivity index (χ1) is 8.56. The van der Waals surface area contributed by atoms with Gasteiger partial charge in [-0.05, 0) is 53.2 Å². The third-order valence-corrected chi connectivity index (χ3v) is 4.37. The van der Waals surface area contributed by atoms with Gasteiger partial charge in [0.15, 0.2) is 0 Å². The maximum absolute atomic E-state index is 5.62. The fourth-order valence-corrected chi connectivity index (χ4v) is 3.33. The van der Waals surface area contributed by atoms with Crippen LogP contribution in [0.25, 0.3) is 0 Å². The van der Waals surface area contributed by atoms with E-state index in [4.69, 9.17) is 18.0 Å². The SMILES string of the molecule is Cc1ccc(CNc2ccc(C(N)=S)c(Br)c2)s1. The zero-order chi connectivity index (χ0) is 13.1. The molecule has 1 aromatic heterocycles. The Kier molecular flexibility index (Phi) is 4.37. The van der Waals surface area contributed by atoms with Crippen LogP contribution in [0.5, 0.6) is 0 Å². The lowest BCUT2D eigenvalue weighted by Crippen LogP contribution is -2.10. The molecule has 0 amide bonds. The van der Waals surface area contributed by atoms with Gasteiger partial charge in [0.25, 0.3) is 0 Å². The van der Waals surface area contributed by atoms with Crippen LogP contribution in [0.4, 0.5) is 5.69 Å². The van der Waals surface area contributed by atoms with Crippen LogP contribution in [0.2, 0.25) is 0 Å². The van der Waals surface area contributed by atoms with Crippen molar-refractivity contribution in [2.24, 2.45) is 5.73 Å². The van der Waals surface area contributed by atoms with E-state index in [0.29, 0.717) is 4.99 Å². The monoisotopic (exact) mass is 340 g/mol. The minimum absolute atomic E-state index is 0.405. The van der Waals surface area contributed by atoms with Crippen LogP contribution in [-0.4, -0.2) is 4.99 Å². The van der Waals surface area contributed by atoms with E-state index in [2.05, 4.69) is 40.3 Å². The minimum atomic E-state index is 0.405. The van der Waals surface area contributed by atoms with Gasteiger partial charge in [-0.2, -0.15) is 0 Å². The van der Waals surface area contributed by atoms with Crippen LogP contribution in [-0.2, 0) is 6.54 Å². The van der Waals surface area contributed by atoms with Crippen LogP contribution in [0.15, 0.2) is 34.8 Å². The number of nitrogens with one attached hydrogen (secondary N) is 1. The molecule has 0 unspecified atom stereocenters. The van der Waals surface area contributed by atoms with Gasteiger partial charge in [-0.1, -0.05) is 12.2 Å². The normalized spacial score (nSPS) is 10.3. The van der Waals surface area contributed by atoms with Crippen molar-refractivity contribution in [2.45, 2.75) is 13.5 Å². The zero-order valence-electron chi connectivity index (χ0n) is 9.87. The summed E-state index contributed by atoms with van der Waals surface area (Å²) in [6, 6.07) is 10.2. The smallest absolute Gasteiger partial charge is 0.105 e. The molecule has 0 saturated carbocycles. The van der Waals surface area contributed by atoms with Gasteiger partial charge in [0.05, 0.1) is 0 Å². The third kappa shape index (κ3) is 3.31. The molecule has 2 aromatic rings. The number of benzene rings is 1. The number of anilines is 1. The fraction of sp³-hybridized carbons (Fsp3) is 0.154. The summed E-state index contributed by atoms with van der Waals surface area (Å²) in [7, 11) is 0. The van der Waals surface area contributed by atoms with E-state index in [1.807, 2.05) is 18.2 Å². The molecule has 0 bridgehead atoms. The second kappa shape index (κ2) is 5.82. The standard InChI is InChI=1S/C13H13BrN2S2/c1-8-2-4-10(18-8)7-16-9-3-5-11(13(15)17)12(14)6-9/h2-6,16H,7H2,1H3,(H2,15,17). The molecule has 94 valence electrons. The third-order valence-electron chi connectivity index (χ3n) is 2.50. The Labute approximate surface area is 124 Å². The van der Waals surface area contributed by atoms with Crippen molar-refractivity contribution in [3.05, 3.63) is 50.1 Å². The summed E-state index contributed by atoms with van der Waals surface area (Å²) in [5, 5.41) is 3.38. The van der Waals surface area contributed by atoms with E-state index in [-0.39, 0.29) is 0 Å². The number of halogens is 1. The van der Waals surface area contributed by atoms with Crippen LogP contribution >= 0.6 is 39.5 Å². The molecule has 18 heavy (non-hydrogen) atoms. The van der Waals surface area contributed by atoms with E-state index in [1.54, 1.807) is 11.3 Å². The second-order valence-electron chi connectivity index (χ2n) is 3.92. The summed E-state index contributed by atoms with van der Waals surface area (Å²) < 4.78 is 0.919. The number of rotatable bonds is 4. The van der Waals surface area contributed by atoms with Crippen molar-refractivity contribution < 1.29 is 0 Å². The summed E-state index contributed by atoms with van der Waals surface area (Å²) >= 11 is 10.2. The molecule has 0 aliphatic rings. The van der Waals surface area contributed by atoms with Gasteiger partial charge in [0.2, 0.25) is 0 Å². The molecule has 1 aromatic carbocycles. The molecule has 0 saturated heterocycles. The Balaban J connectivity index is 2.06. The van der Waals surface area contributed by atoms with Gasteiger partial charge in [-0.25, -0.2) is 0 Å². The average Bonchev–Trinajstić information content (AvgIpc) is 2.72. The molecule has 0 atom stereocenters. The van der Waals surface area contributed by atoms with Crippen LogP contribution in [0, 0.1) is 6.92 Å². The molecule has 2 nitrogen and oxygen atoms in total. The molecule has 0 radical (unpaired) electrons. The van der Waals surface area contributed by atoms with Crippen molar-refractivity contribution in [3.8, 4) is 0 Å². The molecule has 0 aliphatic carbocycles. The van der Waals surface area contributed by atoms with Gasteiger partial charge in [-0.15, -0.1) is 11.3 Å². The summed E-state index contributed by atoms with van der Waals surface area (Å²) in [5.74, 6) is 0. The summed E-state index contributed by atoms with van der Waals surface area (Å²) in [4.78, 5) is 3.06. The van der Waals surface area contributed by atoms with Crippen LogP contribution in [0.1, 0.15) is 15.3 Å². The summed E-state index contributed by atoms with van der Waals surface area (Å²) in [6.07, 6.45) is 0. The summed E-state index contributed by atoms with van der Waals surface area (Å²) in [5.41, 5.74) is 7.53. The predicted octanol–water partition coefficient (Wildman–Crippen LogP) is 4.07.